The summed E-state index contributed by atoms with van der Waals surface area (Å²) in [6.45, 7) is 10.9. The molecule has 0 amide bonds. The third-order valence-electron chi connectivity index (χ3n) is 3.22. The fraction of sp³-hybridized carbons (Fsp3) is 0.688. The van der Waals surface area contributed by atoms with E-state index in [1.165, 1.54) is 0 Å². The fourth-order valence-corrected chi connectivity index (χ4v) is 1.93. The second-order valence-corrected chi connectivity index (χ2v) is 6.24. The lowest BCUT2D eigenvalue weighted by Crippen LogP contribution is -2.24. The maximum absolute atomic E-state index is 14.4. The van der Waals surface area contributed by atoms with Gasteiger partial charge in [0.25, 0.3) is 0 Å². The lowest BCUT2D eigenvalue weighted by molar-refractivity contribution is 0.530. The zero-order chi connectivity index (χ0) is 15.1. The Morgan fingerprint density at radius 3 is 2.55 bits per heavy atom. The molecule has 0 radical (unpaired) electrons. The first-order valence-corrected chi connectivity index (χ1v) is 7.47. The highest BCUT2D eigenvalue weighted by molar-refractivity contribution is 5.42. The SMILES string of the molecule is CC(C)CCN(C)c1nccc(CNCC(C)C)c1F. The molecular formula is C16H28FN3. The zero-order valence-corrected chi connectivity index (χ0v) is 13.4. The Kier molecular flexibility index (Phi) is 6.93. The first-order chi connectivity index (χ1) is 9.41. The van der Waals surface area contributed by atoms with Crippen LogP contribution in [0.15, 0.2) is 12.3 Å². The predicted octanol–water partition coefficient (Wildman–Crippen LogP) is 3.45. The van der Waals surface area contributed by atoms with Gasteiger partial charge in [-0.25, -0.2) is 9.37 Å². The summed E-state index contributed by atoms with van der Waals surface area (Å²) in [5, 5.41) is 3.27. The number of hydrogen-bond donors (Lipinski definition) is 1. The van der Waals surface area contributed by atoms with E-state index in [4.69, 9.17) is 0 Å². The average Bonchev–Trinajstić information content (AvgIpc) is 2.37. The van der Waals surface area contributed by atoms with E-state index >= 15 is 0 Å². The molecule has 0 aliphatic carbocycles. The van der Waals surface area contributed by atoms with Gasteiger partial charge in [-0.1, -0.05) is 27.7 Å². The average molecular weight is 281 g/mol. The lowest BCUT2D eigenvalue weighted by Gasteiger charge is -2.21. The van der Waals surface area contributed by atoms with Gasteiger partial charge in [-0.3, -0.25) is 0 Å². The number of anilines is 1. The van der Waals surface area contributed by atoms with Crippen molar-refractivity contribution in [3.05, 3.63) is 23.6 Å². The zero-order valence-electron chi connectivity index (χ0n) is 13.4. The van der Waals surface area contributed by atoms with Crippen LogP contribution in [-0.4, -0.2) is 25.1 Å². The molecule has 0 spiro atoms. The molecule has 0 saturated carbocycles. The summed E-state index contributed by atoms with van der Waals surface area (Å²) in [7, 11) is 1.90. The van der Waals surface area contributed by atoms with Crippen molar-refractivity contribution in [2.75, 3.05) is 25.0 Å². The van der Waals surface area contributed by atoms with Crippen LogP contribution in [0.25, 0.3) is 0 Å². The van der Waals surface area contributed by atoms with Gasteiger partial charge in [0, 0.05) is 31.9 Å². The second kappa shape index (κ2) is 8.20. The molecular weight excluding hydrogens is 253 g/mol. The van der Waals surface area contributed by atoms with Crippen LogP contribution in [0, 0.1) is 17.7 Å². The topological polar surface area (TPSA) is 28.2 Å². The third kappa shape index (κ3) is 5.45. The summed E-state index contributed by atoms with van der Waals surface area (Å²) in [5.41, 5.74) is 0.687. The maximum atomic E-state index is 14.4. The first kappa shape index (κ1) is 16.9. The van der Waals surface area contributed by atoms with Crippen molar-refractivity contribution in [2.45, 2.75) is 40.7 Å². The molecule has 0 aromatic carbocycles. The highest BCUT2D eigenvalue weighted by atomic mass is 19.1. The number of aromatic nitrogens is 1. The van der Waals surface area contributed by atoms with E-state index in [1.54, 1.807) is 12.3 Å². The van der Waals surface area contributed by atoms with E-state index < -0.39 is 0 Å². The number of hydrogen-bond acceptors (Lipinski definition) is 3. The highest BCUT2D eigenvalue weighted by Crippen LogP contribution is 2.19. The van der Waals surface area contributed by atoms with Gasteiger partial charge >= 0.3 is 0 Å². The van der Waals surface area contributed by atoms with Crippen LogP contribution in [0.4, 0.5) is 10.2 Å². The van der Waals surface area contributed by atoms with Gasteiger partial charge in [0.05, 0.1) is 0 Å². The smallest absolute Gasteiger partial charge is 0.170 e. The van der Waals surface area contributed by atoms with Crippen LogP contribution in [0.3, 0.4) is 0 Å². The molecule has 114 valence electrons. The third-order valence-corrected chi connectivity index (χ3v) is 3.22. The number of nitrogens with zero attached hydrogens (tertiary/aromatic N) is 2. The van der Waals surface area contributed by atoms with Crippen LogP contribution >= 0.6 is 0 Å². The van der Waals surface area contributed by atoms with E-state index in [0.29, 0.717) is 29.8 Å². The molecule has 3 nitrogen and oxygen atoms in total. The second-order valence-electron chi connectivity index (χ2n) is 6.24. The standard InChI is InChI=1S/C16H28FN3/c1-12(2)7-9-20(5)16-15(17)14(6-8-19-16)11-18-10-13(3)4/h6,8,12-13,18H,7,9-11H2,1-5H3. The summed E-state index contributed by atoms with van der Waals surface area (Å²) in [6, 6.07) is 1.75. The van der Waals surface area contributed by atoms with Crippen LogP contribution in [0.2, 0.25) is 0 Å². The Morgan fingerprint density at radius 1 is 1.25 bits per heavy atom. The van der Waals surface area contributed by atoms with E-state index in [9.17, 15) is 4.39 Å². The Bertz CT molecular complexity index is 405. The van der Waals surface area contributed by atoms with Crippen molar-refractivity contribution >= 4 is 5.82 Å². The van der Waals surface area contributed by atoms with Crippen molar-refractivity contribution < 1.29 is 4.39 Å². The summed E-state index contributed by atoms with van der Waals surface area (Å²) in [4.78, 5) is 6.09. The van der Waals surface area contributed by atoms with E-state index in [1.807, 2.05) is 11.9 Å². The number of rotatable bonds is 8. The normalized spacial score (nSPS) is 11.4. The molecule has 1 rings (SSSR count). The van der Waals surface area contributed by atoms with Crippen molar-refractivity contribution in [2.24, 2.45) is 11.8 Å². The highest BCUT2D eigenvalue weighted by Gasteiger charge is 2.13. The minimum atomic E-state index is -0.199. The predicted molar refractivity (Wildman–Crippen MR) is 83.5 cm³/mol. The van der Waals surface area contributed by atoms with Crippen LogP contribution in [0.5, 0.6) is 0 Å². The lowest BCUT2D eigenvalue weighted by atomic mass is 10.1. The molecule has 1 N–H and O–H groups in total. The molecule has 0 saturated heterocycles. The van der Waals surface area contributed by atoms with Crippen LogP contribution in [-0.2, 0) is 6.54 Å². The molecule has 0 aliphatic heterocycles. The van der Waals surface area contributed by atoms with Gasteiger partial charge in [0.1, 0.15) is 0 Å². The quantitative estimate of drug-likeness (QED) is 0.791. The fourth-order valence-electron chi connectivity index (χ4n) is 1.93. The van der Waals surface area contributed by atoms with Crippen LogP contribution in [0.1, 0.15) is 39.7 Å². The monoisotopic (exact) mass is 281 g/mol. The van der Waals surface area contributed by atoms with Crippen molar-refractivity contribution in [3.63, 3.8) is 0 Å². The minimum absolute atomic E-state index is 0.199. The molecule has 4 heteroatoms. The summed E-state index contributed by atoms with van der Waals surface area (Å²) in [6.07, 6.45) is 2.73. The molecule has 0 bridgehead atoms. The number of nitrogens with one attached hydrogen (secondary N) is 1. The molecule has 20 heavy (non-hydrogen) atoms. The van der Waals surface area contributed by atoms with Gasteiger partial charge in [-0.05, 0) is 30.9 Å². The van der Waals surface area contributed by atoms with E-state index in [-0.39, 0.29) is 5.82 Å². The van der Waals surface area contributed by atoms with Gasteiger partial charge in [0.15, 0.2) is 11.6 Å². The van der Waals surface area contributed by atoms with E-state index in [2.05, 4.69) is 38.0 Å². The van der Waals surface area contributed by atoms with Gasteiger partial charge in [-0.2, -0.15) is 0 Å². The van der Waals surface area contributed by atoms with Gasteiger partial charge in [-0.15, -0.1) is 0 Å². The first-order valence-electron chi connectivity index (χ1n) is 7.47. The molecule has 0 aliphatic rings. The number of halogens is 1. The minimum Gasteiger partial charge on any atom is -0.357 e. The Balaban J connectivity index is 2.68. The van der Waals surface area contributed by atoms with Crippen LogP contribution < -0.4 is 10.2 Å². The Labute approximate surface area is 122 Å². The van der Waals surface area contributed by atoms with E-state index in [0.717, 1.165) is 19.5 Å². The molecule has 0 unspecified atom stereocenters. The molecule has 0 fully saturated rings. The number of pyridine rings is 1. The Hall–Kier alpha value is -1.16. The largest absolute Gasteiger partial charge is 0.357 e. The Morgan fingerprint density at radius 2 is 1.95 bits per heavy atom. The molecule has 1 aromatic heterocycles. The van der Waals surface area contributed by atoms with Crippen molar-refractivity contribution in [1.82, 2.24) is 10.3 Å². The van der Waals surface area contributed by atoms with Gasteiger partial charge < -0.3 is 10.2 Å². The van der Waals surface area contributed by atoms with Gasteiger partial charge in [0.2, 0.25) is 0 Å². The molecule has 1 aromatic rings. The summed E-state index contributed by atoms with van der Waals surface area (Å²) >= 11 is 0. The maximum Gasteiger partial charge on any atom is 0.170 e. The summed E-state index contributed by atoms with van der Waals surface area (Å²) in [5.74, 6) is 1.42. The van der Waals surface area contributed by atoms with Crippen molar-refractivity contribution in [1.29, 1.82) is 0 Å². The molecule has 0 atom stereocenters. The summed E-state index contributed by atoms with van der Waals surface area (Å²) < 4.78 is 14.4. The van der Waals surface area contributed by atoms with Crippen molar-refractivity contribution in [3.8, 4) is 0 Å². The molecule has 1 heterocycles.